The number of rotatable bonds is 3. The molecule has 2 fully saturated rings. The highest BCUT2D eigenvalue weighted by Crippen LogP contribution is 2.27. The molecule has 0 spiro atoms. The Morgan fingerprint density at radius 3 is 2.68 bits per heavy atom. The molecule has 1 saturated heterocycles. The van der Waals surface area contributed by atoms with E-state index in [0.717, 1.165) is 50.0 Å². The maximum atomic E-state index is 12.7. The van der Waals surface area contributed by atoms with Gasteiger partial charge in [0.05, 0.1) is 0 Å². The Kier molecular flexibility index (Phi) is 5.42. The third-order valence-electron chi connectivity index (χ3n) is 5.52. The lowest BCUT2D eigenvalue weighted by Gasteiger charge is -2.31. The molecule has 5 heteroatoms. The molecule has 3 rings (SSSR count). The van der Waals surface area contributed by atoms with Crippen molar-refractivity contribution < 1.29 is 9.59 Å². The monoisotopic (exact) mass is 343 g/mol. The lowest BCUT2D eigenvalue weighted by atomic mass is 9.99. The van der Waals surface area contributed by atoms with Crippen molar-refractivity contribution in [2.24, 2.45) is 17.6 Å². The first-order valence-corrected chi connectivity index (χ1v) is 9.40. The summed E-state index contributed by atoms with van der Waals surface area (Å²) in [6.45, 7) is 5.80. The van der Waals surface area contributed by atoms with Crippen LogP contribution in [-0.2, 0) is 4.79 Å². The number of nitrogens with zero attached hydrogens (tertiary/aromatic N) is 1. The standard InChI is InChI=1S/C20H29N3O2/c1-13-4-3-9-23(12-13)20(25)16-6-8-18(14(2)10-16)22-19(24)15-5-7-17(21)11-15/h6,8,10,13,15,17H,3-5,7,9,11-12,21H2,1-2H3,(H,22,24). The number of nitrogens with one attached hydrogen (secondary N) is 1. The zero-order valence-corrected chi connectivity index (χ0v) is 15.3. The van der Waals surface area contributed by atoms with Crippen LogP contribution in [0.2, 0.25) is 0 Å². The van der Waals surface area contributed by atoms with E-state index in [1.165, 1.54) is 6.42 Å². The molecule has 3 N–H and O–H groups in total. The third-order valence-corrected chi connectivity index (χ3v) is 5.52. The molecule has 5 nitrogen and oxygen atoms in total. The lowest BCUT2D eigenvalue weighted by molar-refractivity contribution is -0.119. The molecule has 136 valence electrons. The number of aryl methyl sites for hydroxylation is 1. The van der Waals surface area contributed by atoms with Gasteiger partial charge in [-0.1, -0.05) is 6.92 Å². The molecular formula is C20H29N3O2. The first-order valence-electron chi connectivity index (χ1n) is 9.40. The fourth-order valence-electron chi connectivity index (χ4n) is 3.98. The molecular weight excluding hydrogens is 314 g/mol. The molecule has 3 atom stereocenters. The van der Waals surface area contributed by atoms with E-state index in [1.807, 2.05) is 30.0 Å². The van der Waals surface area contributed by atoms with Crippen molar-refractivity contribution in [3.8, 4) is 0 Å². The number of likely N-dealkylation sites (tertiary alicyclic amines) is 1. The normalized spacial score (nSPS) is 26.5. The summed E-state index contributed by atoms with van der Waals surface area (Å²) >= 11 is 0. The Hall–Kier alpha value is -1.88. The van der Waals surface area contributed by atoms with Gasteiger partial charge in [0.1, 0.15) is 0 Å². The van der Waals surface area contributed by atoms with Crippen molar-refractivity contribution >= 4 is 17.5 Å². The van der Waals surface area contributed by atoms with Gasteiger partial charge >= 0.3 is 0 Å². The molecule has 1 aliphatic carbocycles. The van der Waals surface area contributed by atoms with Crippen LogP contribution in [0.15, 0.2) is 18.2 Å². The maximum Gasteiger partial charge on any atom is 0.253 e. The predicted octanol–water partition coefficient (Wildman–Crippen LogP) is 2.93. The van der Waals surface area contributed by atoms with E-state index in [-0.39, 0.29) is 23.8 Å². The highest BCUT2D eigenvalue weighted by atomic mass is 16.2. The van der Waals surface area contributed by atoms with Gasteiger partial charge in [0, 0.05) is 36.3 Å². The van der Waals surface area contributed by atoms with E-state index in [9.17, 15) is 9.59 Å². The quantitative estimate of drug-likeness (QED) is 0.886. The van der Waals surface area contributed by atoms with Crippen molar-refractivity contribution in [2.75, 3.05) is 18.4 Å². The number of amides is 2. The molecule has 1 aromatic rings. The van der Waals surface area contributed by atoms with Crippen molar-refractivity contribution in [3.05, 3.63) is 29.3 Å². The first-order chi connectivity index (χ1) is 11.9. The molecule has 0 bridgehead atoms. The summed E-state index contributed by atoms with van der Waals surface area (Å²) in [6.07, 6.45) is 4.80. The van der Waals surface area contributed by atoms with Gasteiger partial charge in [-0.05, 0) is 68.7 Å². The van der Waals surface area contributed by atoms with E-state index in [4.69, 9.17) is 5.73 Å². The lowest BCUT2D eigenvalue weighted by Crippen LogP contribution is -2.39. The fourth-order valence-corrected chi connectivity index (χ4v) is 3.98. The second-order valence-electron chi connectivity index (χ2n) is 7.79. The zero-order chi connectivity index (χ0) is 18.0. The number of piperidine rings is 1. The number of hydrogen-bond acceptors (Lipinski definition) is 3. The van der Waals surface area contributed by atoms with Crippen LogP contribution in [0.4, 0.5) is 5.69 Å². The van der Waals surface area contributed by atoms with Crippen LogP contribution in [0.3, 0.4) is 0 Å². The van der Waals surface area contributed by atoms with Crippen LogP contribution in [-0.4, -0.2) is 35.8 Å². The molecule has 1 saturated carbocycles. The van der Waals surface area contributed by atoms with Gasteiger partial charge in [0.25, 0.3) is 5.91 Å². The molecule has 0 aromatic heterocycles. The Balaban J connectivity index is 1.66. The van der Waals surface area contributed by atoms with Gasteiger partial charge in [-0.2, -0.15) is 0 Å². The van der Waals surface area contributed by atoms with Crippen LogP contribution >= 0.6 is 0 Å². The molecule has 3 unspecified atom stereocenters. The van der Waals surface area contributed by atoms with Crippen LogP contribution in [0.1, 0.15) is 54.9 Å². The number of carbonyl (C=O) groups is 2. The van der Waals surface area contributed by atoms with Gasteiger partial charge in [0.15, 0.2) is 0 Å². The summed E-state index contributed by atoms with van der Waals surface area (Å²) in [6, 6.07) is 5.70. The van der Waals surface area contributed by atoms with E-state index in [0.29, 0.717) is 11.5 Å². The number of benzene rings is 1. The van der Waals surface area contributed by atoms with Crippen molar-refractivity contribution in [2.45, 2.75) is 52.0 Å². The number of carbonyl (C=O) groups excluding carboxylic acids is 2. The molecule has 0 radical (unpaired) electrons. The summed E-state index contributed by atoms with van der Waals surface area (Å²) in [5.41, 5.74) is 8.31. The Morgan fingerprint density at radius 1 is 1.24 bits per heavy atom. The van der Waals surface area contributed by atoms with Crippen LogP contribution < -0.4 is 11.1 Å². The topological polar surface area (TPSA) is 75.4 Å². The van der Waals surface area contributed by atoms with Crippen molar-refractivity contribution in [1.29, 1.82) is 0 Å². The summed E-state index contributed by atoms with van der Waals surface area (Å²) < 4.78 is 0. The average Bonchev–Trinajstić information content (AvgIpc) is 3.02. The van der Waals surface area contributed by atoms with Gasteiger partial charge in [-0.15, -0.1) is 0 Å². The van der Waals surface area contributed by atoms with E-state index < -0.39 is 0 Å². The average molecular weight is 343 g/mol. The predicted molar refractivity (Wildman–Crippen MR) is 99.4 cm³/mol. The van der Waals surface area contributed by atoms with Crippen molar-refractivity contribution in [3.63, 3.8) is 0 Å². The molecule has 1 heterocycles. The van der Waals surface area contributed by atoms with Gasteiger partial charge < -0.3 is 16.0 Å². The Labute approximate surface area is 150 Å². The second kappa shape index (κ2) is 7.56. The zero-order valence-electron chi connectivity index (χ0n) is 15.3. The minimum absolute atomic E-state index is 0.00514. The van der Waals surface area contributed by atoms with Gasteiger partial charge in [0.2, 0.25) is 5.91 Å². The number of hydrogen-bond donors (Lipinski definition) is 2. The van der Waals surface area contributed by atoms with Crippen LogP contribution in [0.25, 0.3) is 0 Å². The highest BCUT2D eigenvalue weighted by molar-refractivity contribution is 5.97. The minimum Gasteiger partial charge on any atom is -0.338 e. The summed E-state index contributed by atoms with van der Waals surface area (Å²) in [4.78, 5) is 27.0. The molecule has 2 aliphatic rings. The van der Waals surface area contributed by atoms with Gasteiger partial charge in [-0.3, -0.25) is 9.59 Å². The number of anilines is 1. The summed E-state index contributed by atoms with van der Waals surface area (Å²) in [5, 5.41) is 3.01. The van der Waals surface area contributed by atoms with Crippen LogP contribution in [0, 0.1) is 18.8 Å². The van der Waals surface area contributed by atoms with Crippen LogP contribution in [0.5, 0.6) is 0 Å². The molecule has 1 aliphatic heterocycles. The van der Waals surface area contributed by atoms with Gasteiger partial charge in [-0.25, -0.2) is 0 Å². The highest BCUT2D eigenvalue weighted by Gasteiger charge is 2.28. The molecule has 25 heavy (non-hydrogen) atoms. The second-order valence-corrected chi connectivity index (χ2v) is 7.79. The van der Waals surface area contributed by atoms with E-state index in [1.54, 1.807) is 0 Å². The Bertz CT molecular complexity index is 658. The number of nitrogens with two attached hydrogens (primary N) is 1. The Morgan fingerprint density at radius 2 is 2.04 bits per heavy atom. The smallest absolute Gasteiger partial charge is 0.253 e. The van der Waals surface area contributed by atoms with Crippen molar-refractivity contribution in [1.82, 2.24) is 4.90 Å². The fraction of sp³-hybridized carbons (Fsp3) is 0.600. The van der Waals surface area contributed by atoms with E-state index >= 15 is 0 Å². The summed E-state index contributed by atoms with van der Waals surface area (Å²) in [5.74, 6) is 0.704. The SMILES string of the molecule is Cc1cc(C(=O)N2CCCC(C)C2)ccc1NC(=O)C1CCC(N)C1. The maximum absolute atomic E-state index is 12.7. The first kappa shape index (κ1) is 17.9. The molecule has 2 amide bonds. The molecule has 1 aromatic carbocycles. The largest absolute Gasteiger partial charge is 0.338 e. The summed E-state index contributed by atoms with van der Waals surface area (Å²) in [7, 11) is 0. The third kappa shape index (κ3) is 4.21. The van der Waals surface area contributed by atoms with E-state index in [2.05, 4.69) is 12.2 Å². The minimum atomic E-state index is 0.00514.